The Morgan fingerprint density at radius 2 is 2.17 bits per heavy atom. The molecule has 1 unspecified atom stereocenters. The van der Waals surface area contributed by atoms with Crippen LogP contribution in [0.25, 0.3) is 0 Å². The van der Waals surface area contributed by atoms with E-state index in [0.717, 1.165) is 16.8 Å². The van der Waals surface area contributed by atoms with Crippen molar-refractivity contribution in [2.24, 2.45) is 5.92 Å². The number of carboxylic acids is 1. The van der Waals surface area contributed by atoms with E-state index in [1.54, 1.807) is 6.92 Å². The summed E-state index contributed by atoms with van der Waals surface area (Å²) >= 11 is 0. The second-order valence-corrected chi connectivity index (χ2v) is 4.61. The molecule has 1 aromatic carbocycles. The molecule has 1 rings (SSSR count). The third kappa shape index (κ3) is 3.53. The van der Waals surface area contributed by atoms with Crippen molar-refractivity contribution in [3.05, 3.63) is 29.3 Å². The van der Waals surface area contributed by atoms with Crippen LogP contribution in [0.4, 0.5) is 5.69 Å². The molecule has 18 heavy (non-hydrogen) atoms. The van der Waals surface area contributed by atoms with Crippen LogP contribution in [0, 0.1) is 32.1 Å². The molecule has 3 nitrogen and oxygen atoms in total. The quantitative estimate of drug-likeness (QED) is 0.810. The number of nitrogens with zero attached hydrogens (tertiary/aromatic N) is 1. The van der Waals surface area contributed by atoms with Gasteiger partial charge in [-0.1, -0.05) is 25.0 Å². The first-order valence-electron chi connectivity index (χ1n) is 5.94. The summed E-state index contributed by atoms with van der Waals surface area (Å²) in [5.74, 6) is 1.34. The molecular weight excluding hydrogens is 226 g/mol. The standard InChI is InChI=1S/C15H19NO2/c1-5-8-16(10-13(4)15(17)18)14-9-11(2)6-7-12(14)3/h1,6-7,9,13H,8,10H2,2-4H3,(H,17,18). The summed E-state index contributed by atoms with van der Waals surface area (Å²) in [5.41, 5.74) is 3.26. The van der Waals surface area contributed by atoms with Crippen LogP contribution in [-0.2, 0) is 4.79 Å². The Morgan fingerprint density at radius 3 is 2.72 bits per heavy atom. The maximum absolute atomic E-state index is 10.9. The molecule has 96 valence electrons. The van der Waals surface area contributed by atoms with E-state index in [0.29, 0.717) is 13.1 Å². The third-order valence-corrected chi connectivity index (χ3v) is 2.90. The first-order valence-corrected chi connectivity index (χ1v) is 5.94. The summed E-state index contributed by atoms with van der Waals surface area (Å²) in [6.45, 7) is 6.55. The van der Waals surface area contributed by atoms with Crippen LogP contribution >= 0.6 is 0 Å². The minimum atomic E-state index is -0.803. The van der Waals surface area contributed by atoms with Crippen molar-refractivity contribution in [2.45, 2.75) is 20.8 Å². The van der Waals surface area contributed by atoms with Gasteiger partial charge in [-0.25, -0.2) is 0 Å². The number of anilines is 1. The van der Waals surface area contributed by atoms with E-state index in [1.165, 1.54) is 0 Å². The zero-order valence-electron chi connectivity index (χ0n) is 11.1. The Morgan fingerprint density at radius 1 is 1.50 bits per heavy atom. The van der Waals surface area contributed by atoms with Crippen molar-refractivity contribution < 1.29 is 9.90 Å². The number of hydrogen-bond acceptors (Lipinski definition) is 2. The largest absolute Gasteiger partial charge is 0.481 e. The van der Waals surface area contributed by atoms with E-state index in [1.807, 2.05) is 36.9 Å². The second-order valence-electron chi connectivity index (χ2n) is 4.61. The molecule has 0 heterocycles. The number of terminal acetylenes is 1. The molecule has 3 heteroatoms. The van der Waals surface area contributed by atoms with Gasteiger partial charge in [-0.05, 0) is 31.0 Å². The number of carbonyl (C=O) groups is 1. The van der Waals surface area contributed by atoms with Gasteiger partial charge in [-0.2, -0.15) is 0 Å². The van der Waals surface area contributed by atoms with Gasteiger partial charge in [-0.3, -0.25) is 4.79 Å². The van der Waals surface area contributed by atoms with E-state index >= 15 is 0 Å². The summed E-state index contributed by atoms with van der Waals surface area (Å²) in [6.07, 6.45) is 5.37. The highest BCUT2D eigenvalue weighted by molar-refractivity contribution is 5.71. The molecule has 0 aliphatic carbocycles. The lowest BCUT2D eigenvalue weighted by molar-refractivity contribution is -0.140. The van der Waals surface area contributed by atoms with Crippen LogP contribution in [0.3, 0.4) is 0 Å². The predicted molar refractivity (Wildman–Crippen MR) is 73.8 cm³/mol. The molecule has 0 saturated carbocycles. The van der Waals surface area contributed by atoms with Crippen LogP contribution in [0.15, 0.2) is 18.2 Å². The minimum Gasteiger partial charge on any atom is -0.481 e. The highest BCUT2D eigenvalue weighted by atomic mass is 16.4. The number of carboxylic acid groups (broad SMARTS) is 1. The smallest absolute Gasteiger partial charge is 0.308 e. The Kier molecular flexibility index (Phi) is 4.79. The summed E-state index contributed by atoms with van der Waals surface area (Å²) in [4.78, 5) is 12.9. The van der Waals surface area contributed by atoms with E-state index in [4.69, 9.17) is 11.5 Å². The topological polar surface area (TPSA) is 40.5 Å². The van der Waals surface area contributed by atoms with Crippen LogP contribution in [0.2, 0.25) is 0 Å². The predicted octanol–water partition coefficient (Wildman–Crippen LogP) is 2.46. The molecule has 0 bridgehead atoms. The number of aryl methyl sites for hydroxylation is 2. The number of aliphatic carboxylic acids is 1. The van der Waals surface area contributed by atoms with Crippen molar-refractivity contribution in [3.63, 3.8) is 0 Å². The highest BCUT2D eigenvalue weighted by Gasteiger charge is 2.17. The van der Waals surface area contributed by atoms with E-state index < -0.39 is 11.9 Å². The third-order valence-electron chi connectivity index (χ3n) is 2.90. The van der Waals surface area contributed by atoms with Crippen molar-refractivity contribution >= 4 is 11.7 Å². The van der Waals surface area contributed by atoms with E-state index in [-0.39, 0.29) is 0 Å². The van der Waals surface area contributed by atoms with Gasteiger partial charge in [0, 0.05) is 12.2 Å². The molecule has 0 aliphatic heterocycles. The van der Waals surface area contributed by atoms with Gasteiger partial charge in [0.15, 0.2) is 0 Å². The van der Waals surface area contributed by atoms with Gasteiger partial charge >= 0.3 is 5.97 Å². The fourth-order valence-electron chi connectivity index (χ4n) is 1.83. The van der Waals surface area contributed by atoms with Crippen LogP contribution in [0.5, 0.6) is 0 Å². The van der Waals surface area contributed by atoms with Gasteiger partial charge in [0.05, 0.1) is 12.5 Å². The van der Waals surface area contributed by atoms with E-state index in [9.17, 15) is 4.79 Å². The lowest BCUT2D eigenvalue weighted by Crippen LogP contribution is -2.32. The summed E-state index contributed by atoms with van der Waals surface area (Å²) < 4.78 is 0. The van der Waals surface area contributed by atoms with Gasteiger partial charge in [0.2, 0.25) is 0 Å². The monoisotopic (exact) mass is 245 g/mol. The van der Waals surface area contributed by atoms with Gasteiger partial charge in [0.25, 0.3) is 0 Å². The van der Waals surface area contributed by atoms with Crippen molar-refractivity contribution in [1.82, 2.24) is 0 Å². The number of benzene rings is 1. The Hall–Kier alpha value is -1.95. The van der Waals surface area contributed by atoms with Gasteiger partial charge in [0.1, 0.15) is 0 Å². The Bertz CT molecular complexity index is 474. The number of hydrogen-bond donors (Lipinski definition) is 1. The Labute approximate surface area is 108 Å². The normalized spacial score (nSPS) is 11.7. The summed E-state index contributed by atoms with van der Waals surface area (Å²) in [7, 11) is 0. The second kappa shape index (κ2) is 6.11. The molecule has 1 N–H and O–H groups in total. The molecule has 0 aliphatic rings. The van der Waals surface area contributed by atoms with Gasteiger partial charge in [-0.15, -0.1) is 6.42 Å². The molecule has 0 aromatic heterocycles. The minimum absolute atomic E-state index is 0.419. The van der Waals surface area contributed by atoms with Crippen LogP contribution < -0.4 is 4.90 Å². The molecule has 0 spiro atoms. The van der Waals surface area contributed by atoms with Crippen molar-refractivity contribution in [2.75, 3.05) is 18.0 Å². The maximum atomic E-state index is 10.9. The summed E-state index contributed by atoms with van der Waals surface area (Å²) in [6, 6.07) is 6.11. The first-order chi connectivity index (χ1) is 8.45. The fraction of sp³-hybridized carbons (Fsp3) is 0.400. The highest BCUT2D eigenvalue weighted by Crippen LogP contribution is 2.22. The first kappa shape index (κ1) is 14.1. The molecule has 0 fully saturated rings. The lowest BCUT2D eigenvalue weighted by atomic mass is 10.1. The van der Waals surface area contributed by atoms with Crippen LogP contribution in [0.1, 0.15) is 18.1 Å². The average Bonchev–Trinajstić information content (AvgIpc) is 2.31. The van der Waals surface area contributed by atoms with Crippen molar-refractivity contribution in [3.8, 4) is 12.3 Å². The molecule has 0 saturated heterocycles. The molecular formula is C15H19NO2. The fourth-order valence-corrected chi connectivity index (χ4v) is 1.83. The zero-order valence-corrected chi connectivity index (χ0v) is 11.1. The molecule has 0 amide bonds. The van der Waals surface area contributed by atoms with Gasteiger partial charge < -0.3 is 10.0 Å². The average molecular weight is 245 g/mol. The maximum Gasteiger partial charge on any atom is 0.308 e. The SMILES string of the molecule is C#CCN(CC(C)C(=O)O)c1cc(C)ccc1C. The Balaban J connectivity index is 3.01. The van der Waals surface area contributed by atoms with Crippen LogP contribution in [-0.4, -0.2) is 24.2 Å². The molecule has 1 atom stereocenters. The zero-order chi connectivity index (χ0) is 13.7. The molecule has 0 radical (unpaired) electrons. The number of rotatable bonds is 5. The van der Waals surface area contributed by atoms with E-state index in [2.05, 4.69) is 5.92 Å². The van der Waals surface area contributed by atoms with Crippen molar-refractivity contribution in [1.29, 1.82) is 0 Å². The lowest BCUT2D eigenvalue weighted by Gasteiger charge is -2.26. The molecule has 1 aromatic rings. The summed E-state index contributed by atoms with van der Waals surface area (Å²) in [5, 5.41) is 8.99.